The summed E-state index contributed by atoms with van der Waals surface area (Å²) in [4.78, 5) is 0.0683. The first-order valence-corrected chi connectivity index (χ1v) is 6.87. The number of benzene rings is 2. The minimum atomic E-state index is -3.65. The molecule has 0 aliphatic rings. The fourth-order valence-electron chi connectivity index (χ4n) is 1.44. The molecule has 0 amide bonds. The second-order valence-corrected chi connectivity index (χ2v) is 5.49. The molecule has 0 aliphatic carbocycles. The highest BCUT2D eigenvalue weighted by atomic mass is 32.2. The van der Waals surface area contributed by atoms with Crippen LogP contribution in [0.1, 0.15) is 5.56 Å². The maximum Gasteiger partial charge on any atom is 0.238 e. The summed E-state index contributed by atoms with van der Waals surface area (Å²) in [6.45, 7) is 1.99. The summed E-state index contributed by atoms with van der Waals surface area (Å²) in [7, 11) is -3.65. The number of hydrogen-bond acceptors (Lipinski definition) is 3. The van der Waals surface area contributed by atoms with E-state index in [-0.39, 0.29) is 4.90 Å². The van der Waals surface area contributed by atoms with Crippen molar-refractivity contribution in [2.45, 2.75) is 11.8 Å². The summed E-state index contributed by atoms with van der Waals surface area (Å²) < 4.78 is 27.7. The van der Waals surface area contributed by atoms with Gasteiger partial charge in [-0.25, -0.2) is 13.6 Å². The van der Waals surface area contributed by atoms with E-state index in [1.54, 1.807) is 12.1 Å². The molecule has 18 heavy (non-hydrogen) atoms. The summed E-state index contributed by atoms with van der Waals surface area (Å²) in [5, 5.41) is 5.01. The molecule has 4 nitrogen and oxygen atoms in total. The number of ether oxygens (including phenoxy) is 1. The molecule has 0 spiro atoms. The van der Waals surface area contributed by atoms with Gasteiger partial charge in [0, 0.05) is 0 Å². The highest BCUT2D eigenvalue weighted by molar-refractivity contribution is 7.89. The molecule has 0 saturated heterocycles. The Hall–Kier alpha value is -1.85. The van der Waals surface area contributed by atoms with Crippen molar-refractivity contribution >= 4 is 10.0 Å². The van der Waals surface area contributed by atoms with E-state index in [0.29, 0.717) is 11.5 Å². The Morgan fingerprint density at radius 2 is 1.33 bits per heavy atom. The number of aryl methyl sites for hydroxylation is 1. The van der Waals surface area contributed by atoms with Gasteiger partial charge in [0.05, 0.1) is 4.90 Å². The van der Waals surface area contributed by atoms with E-state index in [1.807, 2.05) is 31.2 Å². The van der Waals surface area contributed by atoms with E-state index in [1.165, 1.54) is 12.1 Å². The average Bonchev–Trinajstić information content (AvgIpc) is 2.32. The van der Waals surface area contributed by atoms with Crippen molar-refractivity contribution in [3.63, 3.8) is 0 Å². The summed E-state index contributed by atoms with van der Waals surface area (Å²) in [5.41, 5.74) is 1.15. The van der Waals surface area contributed by atoms with E-state index in [4.69, 9.17) is 9.88 Å². The van der Waals surface area contributed by atoms with Gasteiger partial charge in [-0.2, -0.15) is 0 Å². The Morgan fingerprint density at radius 1 is 0.889 bits per heavy atom. The monoisotopic (exact) mass is 263 g/mol. The molecule has 0 bridgehead atoms. The zero-order valence-electron chi connectivity index (χ0n) is 9.83. The maximum atomic E-state index is 11.1. The number of nitrogens with two attached hydrogens (primary N) is 1. The summed E-state index contributed by atoms with van der Waals surface area (Å²) >= 11 is 0. The summed E-state index contributed by atoms with van der Waals surface area (Å²) in [6, 6.07) is 13.5. The van der Waals surface area contributed by atoms with Crippen LogP contribution >= 0.6 is 0 Å². The van der Waals surface area contributed by atoms with Crippen LogP contribution in [0, 0.1) is 6.92 Å². The molecule has 0 unspecified atom stereocenters. The van der Waals surface area contributed by atoms with Crippen molar-refractivity contribution in [3.05, 3.63) is 54.1 Å². The minimum absolute atomic E-state index is 0.0683. The standard InChI is InChI=1S/C13H13NO3S/c1-10-2-4-11(5-3-10)17-12-6-8-13(9-7-12)18(14,15)16/h2-9H,1H3,(H2,14,15,16). The normalized spacial score (nSPS) is 11.2. The van der Waals surface area contributed by atoms with Crippen LogP contribution in [0.25, 0.3) is 0 Å². The van der Waals surface area contributed by atoms with Crippen molar-refractivity contribution in [2.24, 2.45) is 5.14 Å². The van der Waals surface area contributed by atoms with Crippen LogP contribution < -0.4 is 9.88 Å². The van der Waals surface area contributed by atoms with E-state index in [0.717, 1.165) is 5.56 Å². The van der Waals surface area contributed by atoms with Gasteiger partial charge < -0.3 is 4.74 Å². The van der Waals surface area contributed by atoms with Crippen LogP contribution in [0.4, 0.5) is 0 Å². The van der Waals surface area contributed by atoms with Gasteiger partial charge in [-0.15, -0.1) is 0 Å². The lowest BCUT2D eigenvalue weighted by Crippen LogP contribution is -2.11. The van der Waals surface area contributed by atoms with Crippen molar-refractivity contribution in [1.82, 2.24) is 0 Å². The predicted octanol–water partition coefficient (Wildman–Crippen LogP) is 2.43. The van der Waals surface area contributed by atoms with Crippen molar-refractivity contribution in [3.8, 4) is 11.5 Å². The van der Waals surface area contributed by atoms with Crippen molar-refractivity contribution < 1.29 is 13.2 Å². The lowest BCUT2D eigenvalue weighted by Gasteiger charge is -2.06. The summed E-state index contributed by atoms with van der Waals surface area (Å²) in [5.74, 6) is 1.26. The van der Waals surface area contributed by atoms with Crippen molar-refractivity contribution in [2.75, 3.05) is 0 Å². The van der Waals surface area contributed by atoms with Gasteiger partial charge in [-0.3, -0.25) is 0 Å². The van der Waals surface area contributed by atoms with Crippen LogP contribution in [-0.4, -0.2) is 8.42 Å². The third kappa shape index (κ3) is 3.09. The Morgan fingerprint density at radius 3 is 1.78 bits per heavy atom. The van der Waals surface area contributed by atoms with Crippen LogP contribution in [0.15, 0.2) is 53.4 Å². The van der Waals surface area contributed by atoms with E-state index in [2.05, 4.69) is 0 Å². The number of sulfonamides is 1. The van der Waals surface area contributed by atoms with Gasteiger partial charge in [-0.05, 0) is 43.3 Å². The summed E-state index contributed by atoms with van der Waals surface area (Å²) in [6.07, 6.45) is 0. The number of rotatable bonds is 3. The molecular weight excluding hydrogens is 250 g/mol. The van der Waals surface area contributed by atoms with E-state index in [9.17, 15) is 8.42 Å². The van der Waals surface area contributed by atoms with E-state index >= 15 is 0 Å². The fraction of sp³-hybridized carbons (Fsp3) is 0.0769. The number of hydrogen-bond donors (Lipinski definition) is 1. The average molecular weight is 263 g/mol. The maximum absolute atomic E-state index is 11.1. The first-order valence-electron chi connectivity index (χ1n) is 5.32. The van der Waals surface area contributed by atoms with E-state index < -0.39 is 10.0 Å². The SMILES string of the molecule is Cc1ccc(Oc2ccc(S(N)(=O)=O)cc2)cc1. The second kappa shape index (κ2) is 4.80. The first kappa shape index (κ1) is 12.6. The van der Waals surface area contributed by atoms with Gasteiger partial charge >= 0.3 is 0 Å². The molecule has 2 N–H and O–H groups in total. The largest absolute Gasteiger partial charge is 0.457 e. The Kier molecular flexibility index (Phi) is 3.36. The molecule has 0 radical (unpaired) electrons. The Bertz CT molecular complexity index is 631. The zero-order valence-corrected chi connectivity index (χ0v) is 10.6. The van der Waals surface area contributed by atoms with Crippen LogP contribution in [-0.2, 0) is 10.0 Å². The quantitative estimate of drug-likeness (QED) is 0.924. The van der Waals surface area contributed by atoms with Crippen LogP contribution in [0.2, 0.25) is 0 Å². The molecule has 0 aromatic heterocycles. The molecule has 2 rings (SSSR count). The molecule has 0 saturated carbocycles. The molecular formula is C13H13NO3S. The first-order chi connectivity index (χ1) is 8.45. The van der Waals surface area contributed by atoms with Crippen LogP contribution in [0.5, 0.6) is 11.5 Å². The molecule has 0 atom stereocenters. The molecule has 0 fully saturated rings. The molecule has 0 heterocycles. The molecule has 2 aromatic carbocycles. The van der Waals surface area contributed by atoms with Gasteiger partial charge in [0.2, 0.25) is 10.0 Å². The minimum Gasteiger partial charge on any atom is -0.457 e. The van der Waals surface area contributed by atoms with Crippen molar-refractivity contribution in [1.29, 1.82) is 0 Å². The van der Waals surface area contributed by atoms with Gasteiger partial charge in [0.25, 0.3) is 0 Å². The number of primary sulfonamides is 1. The third-order valence-electron chi connectivity index (χ3n) is 2.41. The topological polar surface area (TPSA) is 69.4 Å². The highest BCUT2D eigenvalue weighted by Crippen LogP contribution is 2.22. The highest BCUT2D eigenvalue weighted by Gasteiger charge is 2.07. The lowest BCUT2D eigenvalue weighted by molar-refractivity contribution is 0.482. The zero-order chi connectivity index (χ0) is 13.2. The lowest BCUT2D eigenvalue weighted by atomic mass is 10.2. The smallest absolute Gasteiger partial charge is 0.238 e. The Labute approximate surface area is 106 Å². The predicted molar refractivity (Wildman–Crippen MR) is 69.1 cm³/mol. The van der Waals surface area contributed by atoms with Gasteiger partial charge in [0.15, 0.2) is 0 Å². The molecule has 94 valence electrons. The molecule has 5 heteroatoms. The van der Waals surface area contributed by atoms with Gasteiger partial charge in [-0.1, -0.05) is 17.7 Å². The third-order valence-corrected chi connectivity index (χ3v) is 3.34. The molecule has 2 aromatic rings. The second-order valence-electron chi connectivity index (χ2n) is 3.93. The fourth-order valence-corrected chi connectivity index (χ4v) is 1.96. The van der Waals surface area contributed by atoms with Gasteiger partial charge in [0.1, 0.15) is 11.5 Å². The molecule has 0 aliphatic heterocycles. The Balaban J connectivity index is 2.18. The van der Waals surface area contributed by atoms with Crippen LogP contribution in [0.3, 0.4) is 0 Å².